The molecule has 2 aromatic rings. The maximum absolute atomic E-state index is 4.54. The maximum atomic E-state index is 4.54. The summed E-state index contributed by atoms with van der Waals surface area (Å²) in [6.07, 6.45) is 15.4. The van der Waals surface area contributed by atoms with E-state index in [2.05, 4.69) is 48.1 Å². The Hall–Kier alpha value is -1.70. The topological polar surface area (TPSA) is 25.8 Å². The Bertz CT molecular complexity index is 543. The van der Waals surface area contributed by atoms with Crippen LogP contribution in [0.5, 0.6) is 0 Å². The van der Waals surface area contributed by atoms with Crippen LogP contribution in [0.25, 0.3) is 11.4 Å². The fourth-order valence-corrected chi connectivity index (χ4v) is 2.85. The average molecular weight is 310 g/mol. The second-order valence-corrected chi connectivity index (χ2v) is 6.38. The van der Waals surface area contributed by atoms with Gasteiger partial charge in [0.05, 0.1) is 0 Å². The van der Waals surface area contributed by atoms with Gasteiger partial charge < -0.3 is 0 Å². The third-order valence-corrected chi connectivity index (χ3v) is 4.28. The van der Waals surface area contributed by atoms with Crippen LogP contribution in [0.3, 0.4) is 0 Å². The lowest BCUT2D eigenvalue weighted by Crippen LogP contribution is -1.93. The molecule has 1 aromatic carbocycles. The number of benzene rings is 1. The number of aromatic nitrogens is 2. The van der Waals surface area contributed by atoms with Crippen LogP contribution in [0.15, 0.2) is 36.7 Å². The first-order valence-corrected chi connectivity index (χ1v) is 9.23. The minimum absolute atomic E-state index is 0.833. The molecule has 0 amide bonds. The summed E-state index contributed by atoms with van der Waals surface area (Å²) in [6.45, 7) is 4.47. The summed E-state index contributed by atoms with van der Waals surface area (Å²) >= 11 is 0. The average Bonchev–Trinajstić information content (AvgIpc) is 2.60. The standard InChI is InChI=1S/C21H30N2/c1-3-5-6-7-8-9-11-19-16-22-21(23-17-19)20-14-12-18(10-4-2)13-15-20/h12-17H,3-11H2,1-2H3. The number of hydrogen-bond acceptors (Lipinski definition) is 2. The van der Waals surface area contributed by atoms with E-state index < -0.39 is 0 Å². The first-order chi connectivity index (χ1) is 11.3. The Labute approximate surface area is 141 Å². The SMILES string of the molecule is CCCCCCCCc1cnc(-c2ccc(CCC)cc2)nc1. The molecule has 0 aliphatic heterocycles. The Morgan fingerprint density at radius 3 is 1.96 bits per heavy atom. The van der Waals surface area contributed by atoms with Crippen molar-refractivity contribution in [3.8, 4) is 11.4 Å². The highest BCUT2D eigenvalue weighted by Crippen LogP contribution is 2.17. The zero-order valence-corrected chi connectivity index (χ0v) is 14.7. The van der Waals surface area contributed by atoms with Gasteiger partial charge >= 0.3 is 0 Å². The van der Waals surface area contributed by atoms with Gasteiger partial charge in [-0.05, 0) is 30.4 Å². The lowest BCUT2D eigenvalue weighted by atomic mass is 10.1. The number of unbranched alkanes of at least 4 members (excludes halogenated alkanes) is 5. The van der Waals surface area contributed by atoms with Crippen molar-refractivity contribution >= 4 is 0 Å². The first kappa shape index (κ1) is 17.7. The minimum Gasteiger partial charge on any atom is -0.236 e. The Morgan fingerprint density at radius 2 is 1.30 bits per heavy atom. The van der Waals surface area contributed by atoms with Crippen LogP contribution in [0.4, 0.5) is 0 Å². The zero-order chi connectivity index (χ0) is 16.3. The summed E-state index contributed by atoms with van der Waals surface area (Å²) < 4.78 is 0. The normalized spacial score (nSPS) is 10.9. The van der Waals surface area contributed by atoms with Gasteiger partial charge in [-0.25, -0.2) is 9.97 Å². The molecule has 0 aliphatic rings. The number of rotatable bonds is 10. The van der Waals surface area contributed by atoms with Gasteiger partial charge in [0.25, 0.3) is 0 Å². The molecule has 23 heavy (non-hydrogen) atoms. The first-order valence-electron chi connectivity index (χ1n) is 9.23. The monoisotopic (exact) mass is 310 g/mol. The van der Waals surface area contributed by atoms with E-state index in [1.54, 1.807) is 0 Å². The lowest BCUT2D eigenvalue weighted by molar-refractivity contribution is 0.607. The Kier molecular flexibility index (Phi) is 7.79. The van der Waals surface area contributed by atoms with Gasteiger partial charge in [0.1, 0.15) is 0 Å². The molecular formula is C21H30N2. The van der Waals surface area contributed by atoms with Crippen LogP contribution in [-0.4, -0.2) is 9.97 Å². The molecule has 0 spiro atoms. The van der Waals surface area contributed by atoms with Crippen LogP contribution in [0.2, 0.25) is 0 Å². The highest BCUT2D eigenvalue weighted by Gasteiger charge is 2.02. The Morgan fingerprint density at radius 1 is 0.652 bits per heavy atom. The highest BCUT2D eigenvalue weighted by molar-refractivity contribution is 5.55. The third kappa shape index (κ3) is 6.13. The predicted octanol–water partition coefficient (Wildman–Crippen LogP) is 6.00. The van der Waals surface area contributed by atoms with Crippen LogP contribution < -0.4 is 0 Å². The van der Waals surface area contributed by atoms with Gasteiger partial charge in [-0.2, -0.15) is 0 Å². The van der Waals surface area contributed by atoms with Crippen LogP contribution >= 0.6 is 0 Å². The van der Waals surface area contributed by atoms with Crippen LogP contribution in [-0.2, 0) is 12.8 Å². The van der Waals surface area contributed by atoms with Crippen molar-refractivity contribution in [3.63, 3.8) is 0 Å². The van der Waals surface area contributed by atoms with E-state index in [0.29, 0.717) is 0 Å². The van der Waals surface area contributed by atoms with Crippen LogP contribution in [0.1, 0.15) is 69.9 Å². The van der Waals surface area contributed by atoms with Crippen molar-refractivity contribution < 1.29 is 0 Å². The summed E-state index contributed by atoms with van der Waals surface area (Å²) in [5, 5.41) is 0. The highest BCUT2D eigenvalue weighted by atomic mass is 14.9. The molecule has 0 bridgehead atoms. The zero-order valence-electron chi connectivity index (χ0n) is 14.7. The van der Waals surface area contributed by atoms with Crippen LogP contribution in [0, 0.1) is 0 Å². The third-order valence-electron chi connectivity index (χ3n) is 4.28. The number of aryl methyl sites for hydroxylation is 2. The van der Waals surface area contributed by atoms with Gasteiger partial charge in [-0.3, -0.25) is 0 Å². The fraction of sp³-hybridized carbons (Fsp3) is 0.524. The molecule has 0 saturated carbocycles. The van der Waals surface area contributed by atoms with Crippen molar-refractivity contribution in [3.05, 3.63) is 47.8 Å². The maximum Gasteiger partial charge on any atom is 0.159 e. The molecule has 1 aromatic heterocycles. The molecule has 1 heterocycles. The van der Waals surface area contributed by atoms with E-state index in [9.17, 15) is 0 Å². The van der Waals surface area contributed by atoms with E-state index in [4.69, 9.17) is 0 Å². The molecule has 0 atom stereocenters. The number of hydrogen-bond donors (Lipinski definition) is 0. The van der Waals surface area contributed by atoms with E-state index in [-0.39, 0.29) is 0 Å². The molecule has 0 unspecified atom stereocenters. The van der Waals surface area contributed by atoms with E-state index in [0.717, 1.165) is 24.2 Å². The smallest absolute Gasteiger partial charge is 0.159 e. The van der Waals surface area contributed by atoms with Crippen molar-refractivity contribution in [2.24, 2.45) is 0 Å². The Balaban J connectivity index is 1.81. The summed E-state index contributed by atoms with van der Waals surface area (Å²) in [4.78, 5) is 9.08. The molecule has 0 saturated heterocycles. The second kappa shape index (κ2) is 10.1. The molecule has 0 radical (unpaired) electrons. The minimum atomic E-state index is 0.833. The summed E-state index contributed by atoms with van der Waals surface area (Å²) in [7, 11) is 0. The number of nitrogens with zero attached hydrogens (tertiary/aromatic N) is 2. The van der Waals surface area contributed by atoms with Crippen molar-refractivity contribution in [1.82, 2.24) is 9.97 Å². The molecule has 2 rings (SSSR count). The van der Waals surface area contributed by atoms with Gasteiger partial charge in [0.2, 0.25) is 0 Å². The van der Waals surface area contributed by atoms with Gasteiger partial charge in [0.15, 0.2) is 5.82 Å². The molecule has 124 valence electrons. The molecule has 2 heteroatoms. The van der Waals surface area contributed by atoms with Crippen molar-refractivity contribution in [1.29, 1.82) is 0 Å². The fourth-order valence-electron chi connectivity index (χ4n) is 2.85. The van der Waals surface area contributed by atoms with Crippen molar-refractivity contribution in [2.45, 2.75) is 71.6 Å². The summed E-state index contributed by atoms with van der Waals surface area (Å²) in [5.74, 6) is 0.833. The second-order valence-electron chi connectivity index (χ2n) is 6.38. The molecule has 2 nitrogen and oxygen atoms in total. The van der Waals surface area contributed by atoms with E-state index in [1.807, 2.05) is 12.4 Å². The van der Waals surface area contributed by atoms with E-state index in [1.165, 1.54) is 56.1 Å². The largest absolute Gasteiger partial charge is 0.236 e. The quantitative estimate of drug-likeness (QED) is 0.503. The summed E-state index contributed by atoms with van der Waals surface area (Å²) in [5.41, 5.74) is 3.75. The summed E-state index contributed by atoms with van der Waals surface area (Å²) in [6, 6.07) is 8.64. The van der Waals surface area contributed by atoms with Gasteiger partial charge in [-0.1, -0.05) is 76.6 Å². The molecule has 0 fully saturated rings. The van der Waals surface area contributed by atoms with Gasteiger partial charge in [-0.15, -0.1) is 0 Å². The van der Waals surface area contributed by atoms with E-state index >= 15 is 0 Å². The van der Waals surface area contributed by atoms with Crippen molar-refractivity contribution in [2.75, 3.05) is 0 Å². The molecule has 0 N–H and O–H groups in total. The van der Waals surface area contributed by atoms with Gasteiger partial charge in [0, 0.05) is 18.0 Å². The lowest BCUT2D eigenvalue weighted by Gasteiger charge is -2.05. The molecular weight excluding hydrogens is 280 g/mol. The molecule has 0 aliphatic carbocycles. The predicted molar refractivity (Wildman–Crippen MR) is 98.5 cm³/mol.